The molecule has 0 amide bonds. The zero-order chi connectivity index (χ0) is 14.8. The van der Waals surface area contributed by atoms with Gasteiger partial charge in [0.1, 0.15) is 11.5 Å². The average Bonchev–Trinajstić information content (AvgIpc) is 2.40. The fraction of sp³-hybridized carbons (Fsp3) is 0.143. The lowest BCUT2D eigenvalue weighted by Gasteiger charge is -2.09. The van der Waals surface area contributed by atoms with Gasteiger partial charge in [0, 0.05) is 12.1 Å². The fourth-order valence-corrected chi connectivity index (χ4v) is 2.90. The van der Waals surface area contributed by atoms with E-state index in [1.165, 1.54) is 18.4 Å². The molecular formula is C14H12BrClO3S. The lowest BCUT2D eigenvalue weighted by atomic mass is 10.2. The van der Waals surface area contributed by atoms with E-state index in [9.17, 15) is 8.42 Å². The molecule has 20 heavy (non-hydrogen) atoms. The second kappa shape index (κ2) is 6.16. The van der Waals surface area contributed by atoms with Crippen LogP contribution in [0.4, 0.5) is 0 Å². The van der Waals surface area contributed by atoms with Gasteiger partial charge in [0.05, 0.1) is 9.37 Å². The Morgan fingerprint density at radius 2 is 1.80 bits per heavy atom. The minimum absolute atomic E-state index is 0.265. The van der Waals surface area contributed by atoms with Crippen LogP contribution in [0.3, 0.4) is 0 Å². The molecule has 0 N–H and O–H groups in total. The van der Waals surface area contributed by atoms with Crippen molar-refractivity contribution in [2.75, 3.05) is 6.26 Å². The third-order valence-electron chi connectivity index (χ3n) is 2.63. The van der Waals surface area contributed by atoms with Crippen LogP contribution in [0.25, 0.3) is 0 Å². The predicted octanol–water partition coefficient (Wildman–Crippen LogP) is 4.38. The summed E-state index contributed by atoms with van der Waals surface area (Å²) in [4.78, 5) is 0.265. The highest BCUT2D eigenvalue weighted by Gasteiger charge is 2.08. The van der Waals surface area contributed by atoms with Crippen molar-refractivity contribution in [3.63, 3.8) is 0 Å². The van der Waals surface area contributed by atoms with Gasteiger partial charge in [-0.2, -0.15) is 0 Å². The van der Waals surface area contributed by atoms with Gasteiger partial charge >= 0.3 is 0 Å². The maximum atomic E-state index is 11.4. The number of sulfone groups is 1. The molecule has 0 aliphatic carbocycles. The topological polar surface area (TPSA) is 43.4 Å². The second-order valence-electron chi connectivity index (χ2n) is 4.24. The van der Waals surface area contributed by atoms with Gasteiger partial charge in [0.15, 0.2) is 9.84 Å². The number of rotatable bonds is 4. The first-order chi connectivity index (χ1) is 9.40. The summed E-state index contributed by atoms with van der Waals surface area (Å²) < 4.78 is 29.2. The number of benzene rings is 2. The van der Waals surface area contributed by atoms with E-state index in [1.807, 2.05) is 18.2 Å². The highest BCUT2D eigenvalue weighted by Crippen LogP contribution is 2.31. The maximum Gasteiger partial charge on any atom is 0.175 e. The van der Waals surface area contributed by atoms with Gasteiger partial charge in [0.2, 0.25) is 0 Å². The van der Waals surface area contributed by atoms with Gasteiger partial charge in [0.25, 0.3) is 0 Å². The van der Waals surface area contributed by atoms with Crippen LogP contribution in [0.1, 0.15) is 5.56 Å². The first-order valence-electron chi connectivity index (χ1n) is 5.72. The molecule has 0 aromatic heterocycles. The van der Waals surface area contributed by atoms with E-state index in [1.54, 1.807) is 12.1 Å². The van der Waals surface area contributed by atoms with E-state index < -0.39 is 9.84 Å². The zero-order valence-electron chi connectivity index (χ0n) is 10.6. The number of ether oxygens (including phenoxy) is 1. The lowest BCUT2D eigenvalue weighted by molar-refractivity contribution is 0.479. The third-order valence-corrected chi connectivity index (χ3v) is 4.69. The molecule has 0 saturated heterocycles. The summed E-state index contributed by atoms with van der Waals surface area (Å²) in [6.45, 7) is 0. The summed E-state index contributed by atoms with van der Waals surface area (Å²) in [6, 6.07) is 11.9. The lowest BCUT2D eigenvalue weighted by Crippen LogP contribution is -1.96. The van der Waals surface area contributed by atoms with Crippen LogP contribution in [-0.2, 0) is 15.7 Å². The van der Waals surface area contributed by atoms with Crippen molar-refractivity contribution in [1.82, 2.24) is 0 Å². The second-order valence-corrected chi connectivity index (χ2v) is 7.38. The first-order valence-corrected chi connectivity index (χ1v) is 8.94. The van der Waals surface area contributed by atoms with Gasteiger partial charge in [-0.05, 0) is 57.9 Å². The molecule has 2 aromatic carbocycles. The Labute approximate surface area is 131 Å². The van der Waals surface area contributed by atoms with Gasteiger partial charge in [-0.25, -0.2) is 8.42 Å². The minimum atomic E-state index is -3.19. The van der Waals surface area contributed by atoms with Gasteiger partial charge in [-0.3, -0.25) is 0 Å². The van der Waals surface area contributed by atoms with Crippen molar-refractivity contribution in [2.24, 2.45) is 0 Å². The van der Waals surface area contributed by atoms with Gasteiger partial charge in [-0.15, -0.1) is 11.6 Å². The molecule has 0 radical (unpaired) electrons. The molecule has 2 rings (SSSR count). The minimum Gasteiger partial charge on any atom is -0.456 e. The summed E-state index contributed by atoms with van der Waals surface area (Å²) >= 11 is 9.17. The first kappa shape index (κ1) is 15.4. The maximum absolute atomic E-state index is 11.4. The highest BCUT2D eigenvalue weighted by molar-refractivity contribution is 9.10. The van der Waals surface area contributed by atoms with Crippen molar-refractivity contribution < 1.29 is 13.2 Å². The summed E-state index contributed by atoms with van der Waals surface area (Å²) in [5.74, 6) is 1.64. The van der Waals surface area contributed by atoms with Crippen LogP contribution in [0.15, 0.2) is 51.8 Å². The smallest absolute Gasteiger partial charge is 0.175 e. The van der Waals surface area contributed by atoms with Crippen LogP contribution in [0.2, 0.25) is 0 Å². The Balaban J connectivity index is 2.22. The monoisotopic (exact) mass is 374 g/mol. The Hall–Kier alpha value is -1.04. The Bertz CT molecular complexity index is 712. The number of halogens is 2. The molecule has 0 heterocycles. The summed E-state index contributed by atoms with van der Waals surface area (Å²) in [6.07, 6.45) is 1.17. The predicted molar refractivity (Wildman–Crippen MR) is 83.3 cm³/mol. The van der Waals surface area contributed by atoms with E-state index in [2.05, 4.69) is 15.9 Å². The molecule has 3 nitrogen and oxygen atoms in total. The van der Waals surface area contributed by atoms with Crippen LogP contribution in [0, 0.1) is 0 Å². The summed E-state index contributed by atoms with van der Waals surface area (Å²) in [7, 11) is -3.19. The number of hydrogen-bond acceptors (Lipinski definition) is 3. The Morgan fingerprint density at radius 1 is 1.15 bits per heavy atom. The zero-order valence-corrected chi connectivity index (χ0v) is 13.8. The Kier molecular flexibility index (Phi) is 4.73. The quantitative estimate of drug-likeness (QED) is 0.745. The normalized spacial score (nSPS) is 11.3. The molecule has 2 aromatic rings. The molecule has 0 saturated carbocycles. The van der Waals surface area contributed by atoms with Gasteiger partial charge in [-0.1, -0.05) is 6.07 Å². The standard InChI is InChI=1S/C14H12BrClO3S/c1-20(17,18)12-5-3-11(4-6-12)19-14-7-2-10(9-16)8-13(14)15/h2-8H,9H2,1H3. The summed E-state index contributed by atoms with van der Waals surface area (Å²) in [5, 5.41) is 0. The SMILES string of the molecule is CS(=O)(=O)c1ccc(Oc2ccc(CCl)cc2Br)cc1. The molecule has 0 aliphatic rings. The third kappa shape index (κ3) is 3.75. The molecule has 0 bridgehead atoms. The van der Waals surface area contributed by atoms with E-state index in [0.29, 0.717) is 17.4 Å². The van der Waals surface area contributed by atoms with E-state index in [-0.39, 0.29) is 4.90 Å². The van der Waals surface area contributed by atoms with Crippen molar-refractivity contribution in [1.29, 1.82) is 0 Å². The largest absolute Gasteiger partial charge is 0.456 e. The molecule has 106 valence electrons. The number of hydrogen-bond donors (Lipinski definition) is 0. The van der Waals surface area contributed by atoms with Gasteiger partial charge < -0.3 is 4.74 Å². The van der Waals surface area contributed by atoms with Crippen molar-refractivity contribution >= 4 is 37.4 Å². The molecule has 0 unspecified atom stereocenters. The molecule has 0 aliphatic heterocycles. The van der Waals surface area contributed by atoms with Crippen molar-refractivity contribution in [2.45, 2.75) is 10.8 Å². The van der Waals surface area contributed by atoms with E-state index >= 15 is 0 Å². The van der Waals surface area contributed by atoms with Crippen LogP contribution in [-0.4, -0.2) is 14.7 Å². The Morgan fingerprint density at radius 3 is 2.30 bits per heavy atom. The van der Waals surface area contributed by atoms with E-state index in [4.69, 9.17) is 16.3 Å². The summed E-state index contributed by atoms with van der Waals surface area (Å²) in [5.41, 5.74) is 0.985. The highest BCUT2D eigenvalue weighted by atomic mass is 79.9. The van der Waals surface area contributed by atoms with E-state index in [0.717, 1.165) is 10.0 Å². The molecule has 0 atom stereocenters. The molecule has 6 heteroatoms. The van der Waals surface area contributed by atoms with Crippen molar-refractivity contribution in [3.05, 3.63) is 52.5 Å². The molecular weight excluding hydrogens is 364 g/mol. The van der Waals surface area contributed by atoms with Crippen LogP contribution in [0.5, 0.6) is 11.5 Å². The van der Waals surface area contributed by atoms with Crippen LogP contribution >= 0.6 is 27.5 Å². The average molecular weight is 376 g/mol. The number of alkyl halides is 1. The van der Waals surface area contributed by atoms with Crippen molar-refractivity contribution in [3.8, 4) is 11.5 Å². The fourth-order valence-electron chi connectivity index (χ4n) is 1.59. The molecule has 0 spiro atoms. The van der Waals surface area contributed by atoms with Crippen LogP contribution < -0.4 is 4.74 Å². The molecule has 0 fully saturated rings.